The highest BCUT2D eigenvalue weighted by molar-refractivity contribution is 9.10. The van der Waals surface area contributed by atoms with E-state index in [-0.39, 0.29) is 0 Å². The summed E-state index contributed by atoms with van der Waals surface area (Å²) >= 11 is 3.40. The topological polar surface area (TPSA) is 54.2 Å². The molecule has 4 nitrogen and oxygen atoms in total. The van der Waals surface area contributed by atoms with E-state index in [1.807, 2.05) is 24.3 Å². The van der Waals surface area contributed by atoms with Crippen LogP contribution in [-0.4, -0.2) is 36.7 Å². The van der Waals surface area contributed by atoms with Crippen LogP contribution in [0.25, 0.3) is 0 Å². The van der Waals surface area contributed by atoms with Gasteiger partial charge in [-0.3, -0.25) is 10.8 Å². The Morgan fingerprint density at radius 2 is 1.88 bits per heavy atom. The molecule has 1 heterocycles. The molecular formula is C11H13BrN4. The molecule has 0 saturated carbocycles. The first kappa shape index (κ1) is 11.1. The summed E-state index contributed by atoms with van der Waals surface area (Å²) in [5, 5.41) is 15.0. The average molecular weight is 281 g/mol. The minimum absolute atomic E-state index is 0.476. The molecule has 0 amide bonds. The molecule has 5 heteroatoms. The lowest BCUT2D eigenvalue weighted by Crippen LogP contribution is -2.49. The van der Waals surface area contributed by atoms with E-state index in [4.69, 9.17) is 10.8 Å². The summed E-state index contributed by atoms with van der Waals surface area (Å²) in [6.45, 7) is 2.12. The third-order valence-corrected chi connectivity index (χ3v) is 3.17. The van der Waals surface area contributed by atoms with Crippen molar-refractivity contribution in [2.24, 2.45) is 0 Å². The molecule has 0 aliphatic carbocycles. The van der Waals surface area contributed by atoms with Gasteiger partial charge in [-0.1, -0.05) is 15.9 Å². The molecule has 0 unspecified atom stereocenters. The maximum absolute atomic E-state index is 7.79. The zero-order chi connectivity index (χ0) is 11.5. The van der Waals surface area contributed by atoms with Crippen LogP contribution in [0, 0.1) is 10.8 Å². The highest BCUT2D eigenvalue weighted by Gasteiger charge is 2.19. The van der Waals surface area contributed by atoms with E-state index in [0.717, 1.165) is 16.7 Å². The molecule has 0 bridgehead atoms. The van der Waals surface area contributed by atoms with Crippen molar-refractivity contribution in [2.75, 3.05) is 24.5 Å². The normalized spacial score (nSPS) is 16.4. The molecular weight excluding hydrogens is 268 g/mol. The maximum atomic E-state index is 7.79. The van der Waals surface area contributed by atoms with Gasteiger partial charge in [-0.15, -0.1) is 0 Å². The van der Waals surface area contributed by atoms with Crippen molar-refractivity contribution in [1.82, 2.24) is 4.90 Å². The molecule has 1 aliphatic heterocycles. The highest BCUT2D eigenvalue weighted by Crippen LogP contribution is 2.19. The Morgan fingerprint density at radius 3 is 2.44 bits per heavy atom. The maximum Gasteiger partial charge on any atom is 0.121 e. The summed E-state index contributed by atoms with van der Waals surface area (Å²) < 4.78 is 1.06. The van der Waals surface area contributed by atoms with Crippen LogP contribution in [0.4, 0.5) is 5.69 Å². The Bertz CT molecular complexity index is 401. The van der Waals surface area contributed by atoms with Crippen molar-refractivity contribution < 1.29 is 0 Å². The Hall–Kier alpha value is -1.36. The first-order valence-electron chi connectivity index (χ1n) is 5.06. The van der Waals surface area contributed by atoms with Gasteiger partial charge in [0, 0.05) is 23.2 Å². The van der Waals surface area contributed by atoms with Crippen LogP contribution in [-0.2, 0) is 0 Å². The van der Waals surface area contributed by atoms with E-state index < -0.39 is 0 Å². The van der Waals surface area contributed by atoms with Crippen LogP contribution in [0.5, 0.6) is 0 Å². The van der Waals surface area contributed by atoms with E-state index in [1.54, 1.807) is 4.90 Å². The Morgan fingerprint density at radius 1 is 1.19 bits per heavy atom. The van der Waals surface area contributed by atoms with Crippen molar-refractivity contribution in [3.63, 3.8) is 0 Å². The monoisotopic (exact) mass is 280 g/mol. The van der Waals surface area contributed by atoms with Crippen molar-refractivity contribution in [2.45, 2.75) is 0 Å². The molecule has 1 aliphatic rings. The molecule has 16 heavy (non-hydrogen) atoms. The van der Waals surface area contributed by atoms with E-state index in [2.05, 4.69) is 20.8 Å². The number of nitrogens with zero attached hydrogens (tertiary/aromatic N) is 2. The van der Waals surface area contributed by atoms with E-state index in [1.165, 1.54) is 6.34 Å². The Kier molecular flexibility index (Phi) is 3.24. The minimum Gasteiger partial charge on any atom is -0.362 e. The quantitative estimate of drug-likeness (QED) is 0.644. The van der Waals surface area contributed by atoms with Crippen molar-refractivity contribution in [1.29, 1.82) is 10.8 Å². The zero-order valence-electron chi connectivity index (χ0n) is 8.78. The van der Waals surface area contributed by atoms with Crippen LogP contribution in [0.3, 0.4) is 0 Å². The number of hydrogen-bond donors (Lipinski definition) is 2. The standard InChI is InChI=1S/C11H13BrN4/c12-9-1-3-10(4-2-9)15-5-6-16(8-13)11(14)7-15/h1-4,8,13-14H,5-7H2. The van der Waals surface area contributed by atoms with Gasteiger partial charge in [0.25, 0.3) is 0 Å². The van der Waals surface area contributed by atoms with Gasteiger partial charge in [-0.2, -0.15) is 0 Å². The number of amidine groups is 1. The van der Waals surface area contributed by atoms with Crippen LogP contribution in [0.15, 0.2) is 28.7 Å². The second-order valence-corrected chi connectivity index (χ2v) is 4.58. The number of hydrogen-bond acceptors (Lipinski definition) is 3. The summed E-state index contributed by atoms with van der Waals surface area (Å²) in [5.74, 6) is 0.476. The summed E-state index contributed by atoms with van der Waals surface area (Å²) in [7, 11) is 0. The second-order valence-electron chi connectivity index (χ2n) is 3.67. The molecule has 84 valence electrons. The molecule has 0 radical (unpaired) electrons. The summed E-state index contributed by atoms with van der Waals surface area (Å²) in [6.07, 6.45) is 1.22. The predicted octanol–water partition coefficient (Wildman–Crippen LogP) is 2.16. The molecule has 1 fully saturated rings. The molecule has 1 aromatic rings. The lowest BCUT2D eigenvalue weighted by atomic mass is 10.2. The minimum atomic E-state index is 0.476. The SMILES string of the molecule is N=CN1CCN(c2ccc(Br)cc2)CC1=N. The summed E-state index contributed by atoms with van der Waals surface area (Å²) in [6, 6.07) is 8.08. The van der Waals surface area contributed by atoms with E-state index in [9.17, 15) is 0 Å². The molecule has 2 N–H and O–H groups in total. The lowest BCUT2D eigenvalue weighted by molar-refractivity contribution is 0.558. The van der Waals surface area contributed by atoms with E-state index in [0.29, 0.717) is 18.9 Å². The van der Waals surface area contributed by atoms with Crippen molar-refractivity contribution in [3.8, 4) is 0 Å². The number of benzene rings is 1. The molecule has 0 spiro atoms. The number of anilines is 1. The van der Waals surface area contributed by atoms with Gasteiger partial charge in [0.15, 0.2) is 0 Å². The predicted molar refractivity (Wildman–Crippen MR) is 69.6 cm³/mol. The van der Waals surface area contributed by atoms with Crippen molar-refractivity contribution in [3.05, 3.63) is 28.7 Å². The van der Waals surface area contributed by atoms with Crippen LogP contribution >= 0.6 is 15.9 Å². The van der Waals surface area contributed by atoms with Crippen LogP contribution in [0.2, 0.25) is 0 Å². The van der Waals surface area contributed by atoms with Gasteiger partial charge in [0.1, 0.15) is 5.84 Å². The fourth-order valence-corrected chi connectivity index (χ4v) is 1.99. The van der Waals surface area contributed by atoms with E-state index >= 15 is 0 Å². The number of halogens is 1. The molecule has 0 aromatic heterocycles. The third kappa shape index (κ3) is 2.24. The highest BCUT2D eigenvalue weighted by atomic mass is 79.9. The average Bonchev–Trinajstić information content (AvgIpc) is 2.30. The van der Waals surface area contributed by atoms with Gasteiger partial charge < -0.3 is 9.80 Å². The lowest BCUT2D eigenvalue weighted by Gasteiger charge is -2.35. The van der Waals surface area contributed by atoms with Gasteiger partial charge in [-0.25, -0.2) is 0 Å². The Balaban J connectivity index is 2.10. The molecule has 0 atom stereocenters. The zero-order valence-corrected chi connectivity index (χ0v) is 10.4. The number of nitrogens with one attached hydrogen (secondary N) is 2. The van der Waals surface area contributed by atoms with Gasteiger partial charge in [0.2, 0.25) is 0 Å². The Labute approximate surface area is 103 Å². The molecule has 1 saturated heterocycles. The fraction of sp³-hybridized carbons (Fsp3) is 0.273. The van der Waals surface area contributed by atoms with Gasteiger partial charge in [0.05, 0.1) is 12.9 Å². The van der Waals surface area contributed by atoms with Crippen LogP contribution in [0.1, 0.15) is 0 Å². The van der Waals surface area contributed by atoms with Gasteiger partial charge in [-0.05, 0) is 24.3 Å². The second kappa shape index (κ2) is 4.65. The fourth-order valence-electron chi connectivity index (χ4n) is 1.73. The summed E-state index contributed by atoms with van der Waals surface area (Å²) in [4.78, 5) is 3.81. The third-order valence-electron chi connectivity index (χ3n) is 2.65. The van der Waals surface area contributed by atoms with Gasteiger partial charge >= 0.3 is 0 Å². The molecule has 1 aromatic carbocycles. The van der Waals surface area contributed by atoms with Crippen molar-refractivity contribution >= 4 is 33.8 Å². The molecule has 2 rings (SSSR count). The summed E-state index contributed by atoms with van der Waals surface area (Å²) in [5.41, 5.74) is 1.12. The number of piperazine rings is 1. The smallest absolute Gasteiger partial charge is 0.121 e. The first-order valence-corrected chi connectivity index (χ1v) is 5.85. The van der Waals surface area contributed by atoms with Crippen LogP contribution < -0.4 is 4.90 Å². The number of rotatable bonds is 2. The largest absolute Gasteiger partial charge is 0.362 e. The first-order chi connectivity index (χ1) is 7.70.